The van der Waals surface area contributed by atoms with Gasteiger partial charge in [-0.2, -0.15) is 0 Å². The molecule has 0 radical (unpaired) electrons. The van der Waals surface area contributed by atoms with E-state index in [0.717, 1.165) is 64.2 Å². The molecule has 416 valence electrons. The summed E-state index contributed by atoms with van der Waals surface area (Å²) in [6.45, 7) is 6.66. The minimum atomic E-state index is -0.775. The van der Waals surface area contributed by atoms with Crippen molar-refractivity contribution in [3.63, 3.8) is 0 Å². The average molecular weight is 998 g/mol. The maximum absolute atomic E-state index is 12.9. The Morgan fingerprint density at radius 2 is 0.465 bits per heavy atom. The molecule has 0 fully saturated rings. The first kappa shape index (κ1) is 68.6. The first-order valence-corrected chi connectivity index (χ1v) is 31.5. The van der Waals surface area contributed by atoms with E-state index in [4.69, 9.17) is 14.2 Å². The molecule has 0 rings (SSSR count). The van der Waals surface area contributed by atoms with Crippen molar-refractivity contribution in [2.75, 3.05) is 13.2 Å². The Morgan fingerprint density at radius 3 is 0.718 bits per heavy atom. The molecule has 0 aliphatic heterocycles. The molecule has 6 heteroatoms. The average Bonchev–Trinajstić information content (AvgIpc) is 3.37. The molecule has 0 saturated carbocycles. The van der Waals surface area contributed by atoms with Gasteiger partial charge >= 0.3 is 17.9 Å². The summed E-state index contributed by atoms with van der Waals surface area (Å²) < 4.78 is 16.9. The second-order valence-electron chi connectivity index (χ2n) is 21.3. The number of carbonyl (C=O) groups excluding carboxylic acids is 3. The van der Waals surface area contributed by atoms with E-state index >= 15 is 0 Å². The fraction of sp³-hybridized carbons (Fsp3) is 0.862. The lowest BCUT2D eigenvalue weighted by Crippen LogP contribution is -2.30. The lowest BCUT2D eigenvalue weighted by Gasteiger charge is -2.18. The smallest absolute Gasteiger partial charge is 0.306 e. The van der Waals surface area contributed by atoms with Gasteiger partial charge in [-0.3, -0.25) is 14.4 Å². The van der Waals surface area contributed by atoms with Gasteiger partial charge in [-0.25, -0.2) is 0 Å². The molecular formula is C65H120O6. The second-order valence-corrected chi connectivity index (χ2v) is 21.3. The van der Waals surface area contributed by atoms with Crippen LogP contribution in [0.5, 0.6) is 0 Å². The molecule has 0 aliphatic rings. The topological polar surface area (TPSA) is 78.9 Å². The lowest BCUT2D eigenvalue weighted by molar-refractivity contribution is -0.167. The number of esters is 3. The minimum Gasteiger partial charge on any atom is -0.462 e. The van der Waals surface area contributed by atoms with Crippen molar-refractivity contribution in [1.82, 2.24) is 0 Å². The minimum absolute atomic E-state index is 0.0731. The summed E-state index contributed by atoms with van der Waals surface area (Å²) in [4.78, 5) is 38.3. The fourth-order valence-corrected chi connectivity index (χ4v) is 9.31. The van der Waals surface area contributed by atoms with Crippen molar-refractivity contribution in [3.8, 4) is 0 Å². The number of rotatable bonds is 58. The maximum atomic E-state index is 12.9. The molecule has 0 heterocycles. The SMILES string of the molecule is CCCCCC/C=C\CCCCCCCC(=O)OC[C@@H](COC(=O)CCCCCCCCCCC/C=C\CCCCCCCC)OC(=O)CCCCCCCCCCCCC/C=C\CCCCCCCC. The van der Waals surface area contributed by atoms with Gasteiger partial charge in [0, 0.05) is 19.3 Å². The van der Waals surface area contributed by atoms with Crippen LogP contribution in [0.15, 0.2) is 36.5 Å². The van der Waals surface area contributed by atoms with Crippen LogP contribution in [0.1, 0.15) is 342 Å². The highest BCUT2D eigenvalue weighted by Gasteiger charge is 2.19. The van der Waals surface area contributed by atoms with Crippen molar-refractivity contribution in [1.29, 1.82) is 0 Å². The summed E-state index contributed by atoms with van der Waals surface area (Å²) in [5, 5.41) is 0. The highest BCUT2D eigenvalue weighted by molar-refractivity contribution is 5.71. The Bertz CT molecular complexity index is 1190. The zero-order chi connectivity index (χ0) is 51.4. The van der Waals surface area contributed by atoms with E-state index in [2.05, 4.69) is 57.2 Å². The first-order chi connectivity index (χ1) is 35.0. The Balaban J connectivity index is 4.31. The second kappa shape index (κ2) is 60.2. The van der Waals surface area contributed by atoms with Gasteiger partial charge in [0.15, 0.2) is 6.10 Å². The van der Waals surface area contributed by atoms with Crippen molar-refractivity contribution < 1.29 is 28.6 Å². The Kier molecular flexibility index (Phi) is 58.2. The predicted octanol–water partition coefficient (Wildman–Crippen LogP) is 21.2. The Labute approximate surface area is 442 Å². The van der Waals surface area contributed by atoms with E-state index in [-0.39, 0.29) is 31.1 Å². The standard InChI is InChI=1S/C65H120O6/c1-4-7-10-13-16-19-22-25-27-29-31-32-34-36-38-41-44-47-50-53-56-59-65(68)71-62(60-69-63(66)57-54-51-48-45-42-39-24-21-18-15-12-9-6-3)61-70-64(67)58-55-52-49-46-43-40-37-35-33-30-28-26-23-20-17-14-11-8-5-2/h21,24-28,62H,4-20,22-23,29-61H2,1-3H3/b24-21-,27-25-,28-26-/t62-/m0/s1. The van der Waals surface area contributed by atoms with Crippen molar-refractivity contribution in [2.45, 2.75) is 348 Å². The van der Waals surface area contributed by atoms with Crippen LogP contribution >= 0.6 is 0 Å². The van der Waals surface area contributed by atoms with Crippen molar-refractivity contribution in [3.05, 3.63) is 36.5 Å². The molecule has 6 nitrogen and oxygen atoms in total. The number of carbonyl (C=O) groups is 3. The summed E-state index contributed by atoms with van der Waals surface area (Å²) in [5.41, 5.74) is 0. The number of hydrogen-bond acceptors (Lipinski definition) is 6. The molecular weight excluding hydrogens is 877 g/mol. The van der Waals surface area contributed by atoms with Crippen LogP contribution in [0.3, 0.4) is 0 Å². The van der Waals surface area contributed by atoms with Crippen LogP contribution < -0.4 is 0 Å². The van der Waals surface area contributed by atoms with Gasteiger partial charge in [-0.1, -0.05) is 263 Å². The van der Waals surface area contributed by atoms with Crippen molar-refractivity contribution >= 4 is 17.9 Å². The number of ether oxygens (including phenoxy) is 3. The predicted molar refractivity (Wildman–Crippen MR) is 307 cm³/mol. The lowest BCUT2D eigenvalue weighted by atomic mass is 10.0. The van der Waals surface area contributed by atoms with Gasteiger partial charge in [0.25, 0.3) is 0 Å². The van der Waals surface area contributed by atoms with Crippen LogP contribution in [-0.4, -0.2) is 37.2 Å². The fourth-order valence-electron chi connectivity index (χ4n) is 9.31. The maximum Gasteiger partial charge on any atom is 0.306 e. The quantitative estimate of drug-likeness (QED) is 0.0261. The van der Waals surface area contributed by atoms with Gasteiger partial charge in [-0.15, -0.1) is 0 Å². The molecule has 0 aromatic rings. The Morgan fingerprint density at radius 1 is 0.268 bits per heavy atom. The van der Waals surface area contributed by atoms with Crippen LogP contribution in [0.25, 0.3) is 0 Å². The van der Waals surface area contributed by atoms with Crippen LogP contribution in [0.4, 0.5) is 0 Å². The number of allylic oxidation sites excluding steroid dienone is 6. The summed E-state index contributed by atoms with van der Waals surface area (Å²) in [7, 11) is 0. The van der Waals surface area contributed by atoms with E-state index in [1.165, 1.54) is 238 Å². The van der Waals surface area contributed by atoms with Crippen LogP contribution in [0, 0.1) is 0 Å². The summed E-state index contributed by atoms with van der Waals surface area (Å²) in [5.74, 6) is -0.864. The highest BCUT2D eigenvalue weighted by Crippen LogP contribution is 2.17. The van der Waals surface area contributed by atoms with E-state index in [1.54, 1.807) is 0 Å². The van der Waals surface area contributed by atoms with E-state index in [0.29, 0.717) is 19.3 Å². The molecule has 0 amide bonds. The van der Waals surface area contributed by atoms with Gasteiger partial charge in [-0.05, 0) is 96.3 Å². The molecule has 71 heavy (non-hydrogen) atoms. The Hall–Kier alpha value is -2.37. The number of hydrogen-bond donors (Lipinski definition) is 0. The molecule has 0 bridgehead atoms. The van der Waals surface area contributed by atoms with Gasteiger partial charge in [0.1, 0.15) is 13.2 Å². The molecule has 1 atom stereocenters. The summed E-state index contributed by atoms with van der Waals surface area (Å²) in [6, 6.07) is 0. The summed E-state index contributed by atoms with van der Waals surface area (Å²) in [6.07, 6.45) is 72.9. The molecule has 0 N–H and O–H groups in total. The molecule has 0 aromatic heterocycles. The third kappa shape index (κ3) is 58.4. The molecule has 0 aromatic carbocycles. The van der Waals surface area contributed by atoms with Gasteiger partial charge in [0.2, 0.25) is 0 Å². The third-order valence-corrected chi connectivity index (χ3v) is 14.1. The molecule has 0 spiro atoms. The van der Waals surface area contributed by atoms with E-state index in [9.17, 15) is 14.4 Å². The van der Waals surface area contributed by atoms with E-state index in [1.807, 2.05) is 0 Å². The molecule has 0 unspecified atom stereocenters. The largest absolute Gasteiger partial charge is 0.462 e. The zero-order valence-electron chi connectivity index (χ0n) is 47.8. The van der Waals surface area contributed by atoms with Crippen LogP contribution in [-0.2, 0) is 28.6 Å². The summed E-state index contributed by atoms with van der Waals surface area (Å²) >= 11 is 0. The van der Waals surface area contributed by atoms with Gasteiger partial charge in [0.05, 0.1) is 0 Å². The first-order valence-electron chi connectivity index (χ1n) is 31.5. The molecule has 0 saturated heterocycles. The van der Waals surface area contributed by atoms with Crippen molar-refractivity contribution in [2.24, 2.45) is 0 Å². The normalized spacial score (nSPS) is 12.2. The van der Waals surface area contributed by atoms with Gasteiger partial charge < -0.3 is 14.2 Å². The monoisotopic (exact) mass is 997 g/mol. The van der Waals surface area contributed by atoms with E-state index < -0.39 is 6.10 Å². The third-order valence-electron chi connectivity index (χ3n) is 14.1. The number of unbranched alkanes of at least 4 members (excludes halogenated alkanes) is 41. The highest BCUT2D eigenvalue weighted by atomic mass is 16.6. The van der Waals surface area contributed by atoms with Crippen LogP contribution in [0.2, 0.25) is 0 Å². The zero-order valence-corrected chi connectivity index (χ0v) is 47.8. The molecule has 0 aliphatic carbocycles.